The molecule has 0 aliphatic carbocycles. The van der Waals surface area contributed by atoms with Crippen molar-refractivity contribution in [3.05, 3.63) is 75.0 Å². The molecule has 0 fully saturated rings. The third-order valence-electron chi connectivity index (χ3n) is 3.92. The smallest absolute Gasteiger partial charge is 0.279 e. The van der Waals surface area contributed by atoms with Crippen molar-refractivity contribution in [2.24, 2.45) is 0 Å². The van der Waals surface area contributed by atoms with Gasteiger partial charge in [-0.3, -0.25) is 9.89 Å². The van der Waals surface area contributed by atoms with Crippen LogP contribution in [0.5, 0.6) is 11.5 Å². The van der Waals surface area contributed by atoms with E-state index in [1.165, 1.54) is 4.68 Å². The molecule has 3 aromatic rings. The van der Waals surface area contributed by atoms with E-state index < -0.39 is 0 Å². The van der Waals surface area contributed by atoms with Crippen LogP contribution in [0.2, 0.25) is 0 Å². The first-order chi connectivity index (χ1) is 12.6. The summed E-state index contributed by atoms with van der Waals surface area (Å²) >= 11 is 0. The Kier molecular flexibility index (Phi) is 5.27. The summed E-state index contributed by atoms with van der Waals surface area (Å²) in [7, 11) is 0. The highest BCUT2D eigenvalue weighted by Crippen LogP contribution is 2.25. The molecule has 134 valence electrons. The Morgan fingerprint density at radius 3 is 2.50 bits per heavy atom. The number of nitrogens with one attached hydrogen (secondary N) is 1. The van der Waals surface area contributed by atoms with E-state index in [9.17, 15) is 4.79 Å². The lowest BCUT2D eigenvalue weighted by molar-refractivity contribution is 0.322. The molecule has 0 saturated heterocycles. The Balaban J connectivity index is 2.13. The number of ether oxygens (including phenoxy) is 2. The molecule has 0 spiro atoms. The molecule has 0 amide bonds. The average Bonchev–Trinajstić information content (AvgIpc) is 2.93. The van der Waals surface area contributed by atoms with Gasteiger partial charge in [-0.25, -0.2) is 4.68 Å². The molecule has 0 atom stereocenters. The summed E-state index contributed by atoms with van der Waals surface area (Å²) in [6.07, 6.45) is 1.79. The van der Waals surface area contributed by atoms with Crippen LogP contribution < -0.4 is 25.6 Å². The van der Waals surface area contributed by atoms with Crippen molar-refractivity contribution in [3.63, 3.8) is 0 Å². The number of para-hydroxylation sites is 1. The summed E-state index contributed by atoms with van der Waals surface area (Å²) in [5.74, 6) is 1.41. The Hall–Kier alpha value is -3.21. The van der Waals surface area contributed by atoms with Crippen LogP contribution in [-0.4, -0.2) is 23.0 Å². The molecule has 0 aliphatic heterocycles. The Bertz CT molecular complexity index is 1050. The third-order valence-corrected chi connectivity index (χ3v) is 3.92. The van der Waals surface area contributed by atoms with Crippen molar-refractivity contribution in [1.82, 2.24) is 9.78 Å². The van der Waals surface area contributed by atoms with Crippen molar-refractivity contribution in [2.45, 2.75) is 13.8 Å². The molecule has 0 aliphatic rings. The second kappa shape index (κ2) is 7.78. The van der Waals surface area contributed by atoms with E-state index in [0.29, 0.717) is 29.5 Å². The van der Waals surface area contributed by atoms with Crippen molar-refractivity contribution in [2.75, 3.05) is 13.2 Å². The van der Waals surface area contributed by atoms with Gasteiger partial charge in [-0.2, -0.15) is 0 Å². The molecule has 0 unspecified atom stereocenters. The largest absolute Gasteiger partial charge is 0.494 e. The van der Waals surface area contributed by atoms with Gasteiger partial charge in [0.15, 0.2) is 0 Å². The van der Waals surface area contributed by atoms with E-state index >= 15 is 0 Å². The van der Waals surface area contributed by atoms with Crippen LogP contribution in [0.4, 0.5) is 0 Å². The fourth-order valence-corrected chi connectivity index (χ4v) is 2.73. The zero-order valence-corrected chi connectivity index (χ0v) is 15.0. The lowest BCUT2D eigenvalue weighted by Crippen LogP contribution is -2.34. The van der Waals surface area contributed by atoms with E-state index in [1.54, 1.807) is 6.08 Å². The predicted octanol–water partition coefficient (Wildman–Crippen LogP) is 2.20. The molecular weight excluding hydrogens is 328 g/mol. The summed E-state index contributed by atoms with van der Waals surface area (Å²) in [4.78, 5) is 12.8. The zero-order chi connectivity index (χ0) is 18.5. The van der Waals surface area contributed by atoms with Crippen molar-refractivity contribution in [3.8, 4) is 17.2 Å². The van der Waals surface area contributed by atoms with Crippen molar-refractivity contribution < 1.29 is 9.47 Å². The zero-order valence-electron chi connectivity index (χ0n) is 15.0. The second-order valence-corrected chi connectivity index (χ2v) is 5.69. The van der Waals surface area contributed by atoms with Crippen LogP contribution in [0.1, 0.15) is 19.4 Å². The van der Waals surface area contributed by atoms with E-state index in [2.05, 4.69) is 11.7 Å². The van der Waals surface area contributed by atoms with Crippen LogP contribution in [-0.2, 0) is 0 Å². The quantitative estimate of drug-likeness (QED) is 0.742. The summed E-state index contributed by atoms with van der Waals surface area (Å²) < 4.78 is 12.7. The fraction of sp³-hybridized carbons (Fsp3) is 0.190. The maximum atomic E-state index is 12.8. The number of hydrogen-bond acceptors (Lipinski definition) is 3. The highest BCUT2D eigenvalue weighted by atomic mass is 16.5. The van der Waals surface area contributed by atoms with Gasteiger partial charge in [-0.1, -0.05) is 24.8 Å². The van der Waals surface area contributed by atoms with Gasteiger partial charge in [-0.15, -0.1) is 0 Å². The molecule has 26 heavy (non-hydrogen) atoms. The maximum absolute atomic E-state index is 12.8. The van der Waals surface area contributed by atoms with E-state index in [-0.39, 0.29) is 5.56 Å². The van der Waals surface area contributed by atoms with Crippen molar-refractivity contribution in [1.29, 1.82) is 0 Å². The molecule has 1 N–H and O–H groups in total. The normalized spacial score (nSPS) is 11.5. The molecule has 5 nitrogen and oxygen atoms in total. The van der Waals surface area contributed by atoms with Crippen LogP contribution in [0.15, 0.2) is 53.3 Å². The van der Waals surface area contributed by atoms with E-state index in [1.807, 2.05) is 62.4 Å². The summed E-state index contributed by atoms with van der Waals surface area (Å²) in [5.41, 5.74) is 1.41. The van der Waals surface area contributed by atoms with Crippen LogP contribution in [0, 0.1) is 0 Å². The van der Waals surface area contributed by atoms with E-state index in [0.717, 1.165) is 17.0 Å². The summed E-state index contributed by atoms with van der Waals surface area (Å²) in [5, 5.41) is 4.08. The van der Waals surface area contributed by atoms with Crippen molar-refractivity contribution >= 4 is 12.7 Å². The topological polar surface area (TPSA) is 56.2 Å². The number of rotatable bonds is 6. The SMILES string of the molecule is C=c1[nH]n(-c2ccccc2)c(=O)/c1=C/c1ccc(OCC)cc1OCC. The highest BCUT2D eigenvalue weighted by molar-refractivity contribution is 5.59. The Labute approximate surface area is 151 Å². The first-order valence-corrected chi connectivity index (χ1v) is 8.60. The van der Waals surface area contributed by atoms with Gasteiger partial charge < -0.3 is 9.47 Å². The molecule has 2 aromatic carbocycles. The first kappa shape index (κ1) is 17.6. The number of aromatic amines is 1. The monoisotopic (exact) mass is 350 g/mol. The first-order valence-electron chi connectivity index (χ1n) is 8.60. The lowest BCUT2D eigenvalue weighted by Gasteiger charge is -2.10. The van der Waals surface area contributed by atoms with Crippen LogP contribution in [0.25, 0.3) is 18.3 Å². The number of H-pyrrole nitrogens is 1. The molecule has 0 radical (unpaired) electrons. The van der Waals surface area contributed by atoms with Gasteiger partial charge in [0.1, 0.15) is 11.5 Å². The standard InChI is InChI=1S/C21H22N2O3/c1-4-25-18-12-11-16(20(14-18)26-5-2)13-19-15(3)22-23(21(19)24)17-9-7-6-8-10-17/h6-14,22H,3-5H2,1-2H3/b19-13+. The van der Waals surface area contributed by atoms with Gasteiger partial charge >= 0.3 is 0 Å². The van der Waals surface area contributed by atoms with Gasteiger partial charge in [-0.05, 0) is 44.2 Å². The molecule has 0 bridgehead atoms. The minimum absolute atomic E-state index is 0.155. The molecule has 1 aromatic heterocycles. The molecular formula is C21H22N2O3. The lowest BCUT2D eigenvalue weighted by atomic mass is 10.1. The maximum Gasteiger partial charge on any atom is 0.279 e. The minimum Gasteiger partial charge on any atom is -0.494 e. The Morgan fingerprint density at radius 1 is 1.08 bits per heavy atom. The Morgan fingerprint density at radius 2 is 1.81 bits per heavy atom. The summed E-state index contributed by atoms with van der Waals surface area (Å²) in [6.45, 7) is 8.93. The van der Waals surface area contributed by atoms with Gasteiger partial charge in [0, 0.05) is 11.6 Å². The number of aromatic nitrogens is 2. The molecule has 0 saturated carbocycles. The van der Waals surface area contributed by atoms with E-state index in [4.69, 9.17) is 9.47 Å². The molecule has 1 heterocycles. The number of hydrogen-bond donors (Lipinski definition) is 1. The number of benzene rings is 2. The fourth-order valence-electron chi connectivity index (χ4n) is 2.73. The highest BCUT2D eigenvalue weighted by Gasteiger charge is 2.08. The van der Waals surface area contributed by atoms with Gasteiger partial charge in [0.25, 0.3) is 5.56 Å². The third kappa shape index (κ3) is 3.57. The molecule has 5 heteroatoms. The van der Waals surface area contributed by atoms with Gasteiger partial charge in [0.2, 0.25) is 0 Å². The molecule has 3 rings (SSSR count). The van der Waals surface area contributed by atoms with Crippen LogP contribution in [0.3, 0.4) is 0 Å². The number of nitrogens with zero attached hydrogens (tertiary/aromatic N) is 1. The predicted molar refractivity (Wildman–Crippen MR) is 104 cm³/mol. The average molecular weight is 350 g/mol. The van der Waals surface area contributed by atoms with Gasteiger partial charge in [0.05, 0.1) is 29.5 Å². The summed E-state index contributed by atoms with van der Waals surface area (Å²) in [6, 6.07) is 15.0. The van der Waals surface area contributed by atoms with Crippen LogP contribution >= 0.6 is 0 Å². The minimum atomic E-state index is -0.155. The second-order valence-electron chi connectivity index (χ2n) is 5.69.